The van der Waals surface area contributed by atoms with Gasteiger partial charge in [-0.2, -0.15) is 0 Å². The van der Waals surface area contributed by atoms with Crippen molar-refractivity contribution >= 4 is 34.9 Å². The molecule has 2 nitrogen and oxygen atoms in total. The molecule has 0 unspecified atom stereocenters. The van der Waals surface area contributed by atoms with Crippen molar-refractivity contribution in [2.75, 3.05) is 9.80 Å². The topological polar surface area (TPSA) is 6.48 Å². The fraction of sp³-hybridized carbons (Fsp3) is 0.0645. The SMILES string of the molecule is C1=CC(N(c2ccc(/C=C/c3ccc(N(C4=CCCC=C4)c4ccc(-c5ccc(-c6ccccc6)cc5)cc4)cc3)cc2)c2ccc(-c3ccc(-c4ccccc4)cc3)cc2)=CCC1. The second-order valence-electron chi connectivity index (χ2n) is 16.4. The van der Waals surface area contributed by atoms with E-state index in [4.69, 9.17) is 0 Å². The van der Waals surface area contributed by atoms with Crippen LogP contribution >= 0.6 is 0 Å². The molecule has 0 amide bonds. The highest BCUT2D eigenvalue weighted by Crippen LogP contribution is 2.37. The van der Waals surface area contributed by atoms with E-state index in [1.54, 1.807) is 0 Å². The average Bonchev–Trinajstić information content (AvgIpc) is 3.38. The molecule has 10 rings (SSSR count). The van der Waals surface area contributed by atoms with Crippen LogP contribution in [0, 0.1) is 0 Å². The van der Waals surface area contributed by atoms with E-state index in [-0.39, 0.29) is 0 Å². The molecule has 0 aromatic heterocycles. The Morgan fingerprint density at radius 1 is 0.266 bits per heavy atom. The van der Waals surface area contributed by atoms with Crippen molar-refractivity contribution < 1.29 is 0 Å². The molecule has 8 aromatic carbocycles. The third-order valence-corrected chi connectivity index (χ3v) is 12.1. The molecule has 0 fully saturated rings. The summed E-state index contributed by atoms with van der Waals surface area (Å²) in [5.41, 5.74) is 19.0. The normalized spacial score (nSPS) is 13.4. The van der Waals surface area contributed by atoms with Gasteiger partial charge in [0.2, 0.25) is 0 Å². The maximum absolute atomic E-state index is 2.36. The highest BCUT2D eigenvalue weighted by atomic mass is 15.2. The van der Waals surface area contributed by atoms with Crippen LogP contribution in [-0.2, 0) is 0 Å². The van der Waals surface area contributed by atoms with Crippen LogP contribution < -0.4 is 9.80 Å². The Kier molecular flexibility index (Phi) is 11.9. The quantitative estimate of drug-likeness (QED) is 0.113. The summed E-state index contributed by atoms with van der Waals surface area (Å²) in [4.78, 5) is 4.73. The second-order valence-corrected chi connectivity index (χ2v) is 16.4. The van der Waals surface area contributed by atoms with Crippen LogP contribution in [0.2, 0.25) is 0 Å². The summed E-state index contributed by atoms with van der Waals surface area (Å²) in [5.74, 6) is 0. The number of nitrogens with zero attached hydrogens (tertiary/aromatic N) is 2. The van der Waals surface area contributed by atoms with Crippen molar-refractivity contribution in [3.8, 4) is 44.5 Å². The summed E-state index contributed by atoms with van der Waals surface area (Å²) in [6.07, 6.45) is 22.4. The molecular weight excluding hydrogens is 773 g/mol. The van der Waals surface area contributed by atoms with E-state index in [9.17, 15) is 0 Å². The zero-order valence-corrected chi connectivity index (χ0v) is 36.0. The van der Waals surface area contributed by atoms with Gasteiger partial charge in [0.05, 0.1) is 0 Å². The number of hydrogen-bond acceptors (Lipinski definition) is 2. The molecular formula is C62H50N2. The first kappa shape index (κ1) is 40.2. The second kappa shape index (κ2) is 19.0. The number of rotatable bonds is 12. The molecule has 0 atom stereocenters. The van der Waals surface area contributed by atoms with Gasteiger partial charge in [-0.3, -0.25) is 0 Å². The van der Waals surface area contributed by atoms with Crippen LogP contribution in [0.1, 0.15) is 36.8 Å². The number of anilines is 4. The fourth-order valence-electron chi connectivity index (χ4n) is 8.66. The minimum absolute atomic E-state index is 1.04. The molecule has 0 heterocycles. The lowest BCUT2D eigenvalue weighted by molar-refractivity contribution is 0.997. The lowest BCUT2D eigenvalue weighted by atomic mass is 10.00. The molecule has 2 heteroatoms. The van der Waals surface area contributed by atoms with E-state index in [1.165, 1.54) is 55.9 Å². The van der Waals surface area contributed by atoms with Crippen LogP contribution in [0.5, 0.6) is 0 Å². The first-order valence-corrected chi connectivity index (χ1v) is 22.5. The molecule has 0 N–H and O–H groups in total. The van der Waals surface area contributed by atoms with Gasteiger partial charge in [0, 0.05) is 34.1 Å². The largest absolute Gasteiger partial charge is 0.311 e. The molecule has 308 valence electrons. The van der Waals surface area contributed by atoms with Crippen molar-refractivity contribution in [2.24, 2.45) is 0 Å². The number of benzene rings is 8. The Balaban J connectivity index is 0.841. The van der Waals surface area contributed by atoms with Crippen molar-refractivity contribution in [3.05, 3.63) is 265 Å². The minimum Gasteiger partial charge on any atom is -0.311 e. The van der Waals surface area contributed by atoms with Gasteiger partial charge in [0.25, 0.3) is 0 Å². The third kappa shape index (κ3) is 9.14. The van der Waals surface area contributed by atoms with E-state index in [0.29, 0.717) is 0 Å². The lowest BCUT2D eigenvalue weighted by Gasteiger charge is -2.28. The van der Waals surface area contributed by atoms with Crippen LogP contribution in [0.25, 0.3) is 56.7 Å². The predicted octanol–water partition coefficient (Wildman–Crippen LogP) is 17.3. The summed E-state index contributed by atoms with van der Waals surface area (Å²) >= 11 is 0. The van der Waals surface area contributed by atoms with Crippen LogP contribution in [0.15, 0.2) is 254 Å². The maximum atomic E-state index is 2.36. The molecule has 0 saturated carbocycles. The van der Waals surface area contributed by atoms with Gasteiger partial charge in [-0.05, 0) is 142 Å². The van der Waals surface area contributed by atoms with Crippen LogP contribution in [0.4, 0.5) is 22.7 Å². The fourth-order valence-corrected chi connectivity index (χ4v) is 8.66. The maximum Gasteiger partial charge on any atom is 0.0461 e. The monoisotopic (exact) mass is 822 g/mol. The van der Waals surface area contributed by atoms with E-state index >= 15 is 0 Å². The first-order valence-electron chi connectivity index (χ1n) is 22.5. The zero-order chi connectivity index (χ0) is 42.9. The van der Waals surface area contributed by atoms with Gasteiger partial charge >= 0.3 is 0 Å². The molecule has 0 spiro atoms. The van der Waals surface area contributed by atoms with Gasteiger partial charge in [-0.25, -0.2) is 0 Å². The van der Waals surface area contributed by atoms with E-state index in [0.717, 1.165) is 59.6 Å². The predicted molar refractivity (Wildman–Crippen MR) is 274 cm³/mol. The van der Waals surface area contributed by atoms with E-state index in [1.807, 2.05) is 0 Å². The Hall–Kier alpha value is -7.94. The molecule has 0 saturated heterocycles. The van der Waals surface area contributed by atoms with Crippen LogP contribution in [0.3, 0.4) is 0 Å². The highest BCUT2D eigenvalue weighted by molar-refractivity contribution is 5.79. The van der Waals surface area contributed by atoms with E-state index in [2.05, 4.69) is 265 Å². The Morgan fingerprint density at radius 3 is 0.812 bits per heavy atom. The van der Waals surface area contributed by atoms with Gasteiger partial charge in [0.1, 0.15) is 0 Å². The standard InChI is InChI=1S/C62H50N2/c1-5-13-49(14-6-1)51-27-31-53(32-28-51)55-35-43-61(44-36-55)63(57-17-9-3-10-18-57)59-39-23-47(24-40-59)21-22-48-25-41-60(42-26-48)64(58-19-11-4-12-20-58)62-45-37-56(38-46-62)54-33-29-52(30-34-54)50-15-7-2-8-16-50/h1-2,5-9,11,13-46H,3-4,10,12H2/b22-21+. The smallest absolute Gasteiger partial charge is 0.0461 e. The first-order chi connectivity index (χ1) is 31.7. The highest BCUT2D eigenvalue weighted by Gasteiger charge is 2.17. The van der Waals surface area contributed by atoms with Crippen molar-refractivity contribution in [3.63, 3.8) is 0 Å². The summed E-state index contributed by atoms with van der Waals surface area (Å²) in [7, 11) is 0. The summed E-state index contributed by atoms with van der Waals surface area (Å²) in [6.45, 7) is 0. The van der Waals surface area contributed by atoms with Crippen molar-refractivity contribution in [2.45, 2.75) is 25.7 Å². The molecule has 0 radical (unpaired) electrons. The molecule has 64 heavy (non-hydrogen) atoms. The summed E-state index contributed by atoms with van der Waals surface area (Å²) < 4.78 is 0. The van der Waals surface area contributed by atoms with Crippen molar-refractivity contribution in [1.29, 1.82) is 0 Å². The van der Waals surface area contributed by atoms with Crippen molar-refractivity contribution in [1.82, 2.24) is 0 Å². The van der Waals surface area contributed by atoms with Crippen LogP contribution in [-0.4, -0.2) is 0 Å². The molecule has 2 aliphatic rings. The van der Waals surface area contributed by atoms with Gasteiger partial charge < -0.3 is 9.80 Å². The Morgan fingerprint density at radius 2 is 0.531 bits per heavy atom. The average molecular weight is 823 g/mol. The Bertz CT molecular complexity index is 2750. The molecule has 8 aromatic rings. The summed E-state index contributed by atoms with van der Waals surface area (Å²) in [5, 5.41) is 0. The molecule has 2 aliphatic carbocycles. The minimum atomic E-state index is 1.04. The van der Waals surface area contributed by atoms with Gasteiger partial charge in [-0.15, -0.1) is 0 Å². The van der Waals surface area contributed by atoms with Gasteiger partial charge in [-0.1, -0.05) is 194 Å². The van der Waals surface area contributed by atoms with E-state index < -0.39 is 0 Å². The molecule has 0 bridgehead atoms. The van der Waals surface area contributed by atoms with Gasteiger partial charge in [0.15, 0.2) is 0 Å². The number of hydrogen-bond donors (Lipinski definition) is 0. The third-order valence-electron chi connectivity index (χ3n) is 12.1. The molecule has 0 aliphatic heterocycles. The lowest BCUT2D eigenvalue weighted by Crippen LogP contribution is -2.16. The summed E-state index contributed by atoms with van der Waals surface area (Å²) in [6, 6.07) is 74.5. The Labute approximate surface area is 378 Å². The zero-order valence-electron chi connectivity index (χ0n) is 36.0. The number of allylic oxidation sites excluding steroid dienone is 6.